The molecule has 0 bridgehead atoms. The molecule has 1 fully saturated rings. The molecule has 1 aromatic heterocycles. The van der Waals surface area contributed by atoms with Crippen LogP contribution in [-0.4, -0.2) is 144 Å². The summed E-state index contributed by atoms with van der Waals surface area (Å²) in [7, 11) is 6.55. The zero-order valence-corrected chi connectivity index (χ0v) is 38.7. The Morgan fingerprint density at radius 1 is 0.951 bits per heavy atom. The van der Waals surface area contributed by atoms with Gasteiger partial charge in [0.2, 0.25) is 23.6 Å². The zero-order chi connectivity index (χ0) is 45.7. The molecule has 15 nitrogen and oxygen atoms in total. The number of Topliss-reactive ketones (excluding diaryl/α,β-unsaturated/α-hetero) is 1. The molecule has 0 spiro atoms. The molecule has 61 heavy (non-hydrogen) atoms. The minimum atomic E-state index is -0.897. The van der Waals surface area contributed by atoms with Crippen molar-refractivity contribution < 1.29 is 43.3 Å². The van der Waals surface area contributed by atoms with E-state index in [0.717, 1.165) is 16.5 Å². The van der Waals surface area contributed by atoms with E-state index in [-0.39, 0.29) is 60.0 Å². The lowest BCUT2D eigenvalue weighted by Crippen LogP contribution is -2.60. The molecule has 9 atom stereocenters. The maximum atomic E-state index is 14.4. The number of para-hydroxylation sites is 1. The lowest BCUT2D eigenvalue weighted by Gasteiger charge is -2.41. The molecule has 2 heterocycles. The first kappa shape index (κ1) is 51.0. The normalized spacial score (nSPS) is 18.3. The number of aromatic amines is 1. The number of ketones is 1. The number of hydrogen-bond donors (Lipinski definition) is 4. The van der Waals surface area contributed by atoms with Crippen LogP contribution in [0.3, 0.4) is 0 Å². The van der Waals surface area contributed by atoms with Crippen molar-refractivity contribution in [1.82, 2.24) is 30.3 Å². The molecule has 1 aliphatic rings. The van der Waals surface area contributed by atoms with Crippen molar-refractivity contribution in [1.29, 1.82) is 0 Å². The number of carboxylic acid groups (broad SMARTS) is 1. The van der Waals surface area contributed by atoms with Crippen LogP contribution in [0.5, 0.6) is 0 Å². The van der Waals surface area contributed by atoms with E-state index in [9.17, 15) is 28.8 Å². The van der Waals surface area contributed by atoms with Gasteiger partial charge in [-0.2, -0.15) is 0 Å². The van der Waals surface area contributed by atoms with Gasteiger partial charge in [0.05, 0.1) is 48.7 Å². The second kappa shape index (κ2) is 23.8. The van der Waals surface area contributed by atoms with Crippen LogP contribution in [0.25, 0.3) is 10.9 Å². The summed E-state index contributed by atoms with van der Waals surface area (Å²) in [5.74, 6) is -3.33. The average Bonchev–Trinajstić information content (AvgIpc) is 3.86. The number of H-pyrrole nitrogens is 1. The number of likely N-dealkylation sites (N-methyl/N-ethyl adjacent to an activating group) is 2. The molecule has 2 aromatic rings. The van der Waals surface area contributed by atoms with E-state index in [2.05, 4.69) is 15.6 Å². The molecular formula is C46H74N6O9. The fourth-order valence-electron chi connectivity index (χ4n) is 9.03. The fourth-order valence-corrected chi connectivity index (χ4v) is 9.03. The van der Waals surface area contributed by atoms with Crippen molar-refractivity contribution in [2.45, 2.75) is 143 Å². The van der Waals surface area contributed by atoms with Gasteiger partial charge in [-0.1, -0.05) is 73.1 Å². The molecule has 0 aliphatic carbocycles. The van der Waals surface area contributed by atoms with E-state index in [0.29, 0.717) is 45.2 Å². The number of fused-ring (bicyclic) bond motifs is 1. The molecule has 0 radical (unpaired) electrons. The number of aliphatic carboxylic acids is 1. The van der Waals surface area contributed by atoms with E-state index in [1.165, 1.54) is 21.1 Å². The minimum absolute atomic E-state index is 0.00720. The molecule has 0 saturated carbocycles. The predicted molar refractivity (Wildman–Crippen MR) is 236 cm³/mol. The van der Waals surface area contributed by atoms with Crippen LogP contribution in [0.2, 0.25) is 0 Å². The highest BCUT2D eigenvalue weighted by atomic mass is 16.5. The van der Waals surface area contributed by atoms with Crippen LogP contribution in [-0.2, 0) is 44.7 Å². The second-order valence-electron chi connectivity index (χ2n) is 17.7. The summed E-state index contributed by atoms with van der Waals surface area (Å²) in [5, 5.41) is 16.1. The molecule has 15 heteroatoms. The number of nitrogens with zero attached hydrogens (tertiary/aromatic N) is 3. The van der Waals surface area contributed by atoms with Gasteiger partial charge in [0.25, 0.3) is 0 Å². The van der Waals surface area contributed by atoms with Crippen LogP contribution in [0, 0.1) is 23.7 Å². The van der Waals surface area contributed by atoms with Crippen LogP contribution in [0.1, 0.15) is 99.5 Å². The number of likely N-dealkylation sites (tertiary alicyclic amines) is 1. The van der Waals surface area contributed by atoms with E-state index in [1.54, 1.807) is 30.8 Å². The monoisotopic (exact) mass is 855 g/mol. The molecule has 1 saturated heterocycles. The molecule has 1 aromatic carbocycles. The maximum absolute atomic E-state index is 14.4. The Hall–Kier alpha value is -4.34. The van der Waals surface area contributed by atoms with Crippen LogP contribution >= 0.6 is 0 Å². The summed E-state index contributed by atoms with van der Waals surface area (Å²) in [5.41, 5.74) is 1.87. The van der Waals surface area contributed by atoms with Gasteiger partial charge in [0, 0.05) is 57.8 Å². The zero-order valence-electron chi connectivity index (χ0n) is 38.7. The molecule has 0 unspecified atom stereocenters. The number of rotatable bonds is 25. The van der Waals surface area contributed by atoms with Gasteiger partial charge in [-0.15, -0.1) is 0 Å². The third-order valence-corrected chi connectivity index (χ3v) is 12.7. The lowest BCUT2D eigenvalue weighted by molar-refractivity contribution is -0.148. The first-order chi connectivity index (χ1) is 28.8. The summed E-state index contributed by atoms with van der Waals surface area (Å²) in [6, 6.07) is 4.69. The van der Waals surface area contributed by atoms with Gasteiger partial charge in [-0.3, -0.25) is 33.7 Å². The van der Waals surface area contributed by atoms with Crippen molar-refractivity contribution >= 4 is 46.3 Å². The average molecular weight is 855 g/mol. The molecular weight excluding hydrogens is 781 g/mol. The standard InChI is InChI=1S/C46H74N6O9/c1-13-29(6)42(51(10)46(59)40(27(2)3)49-45(58)41(28(4)5)50(9)22-17-21-39(55)56)37(60-11)25-38(54)52-23-16-20-36(52)43(61-12)30(7)44(57)48-35(31(8)53)24-32-26-47-34-19-15-14-18-33(32)34/h14-15,18-19,26-30,35-37,40-43,47H,13,16-17,20-25H2,1-12H3,(H,48,57)(H,49,58)(H,55,56)/t29-,30+,35-,36-,37+,40-,41-,42-,43+/m0/s1. The number of nitrogens with one attached hydrogen (secondary N) is 3. The van der Waals surface area contributed by atoms with Gasteiger partial charge in [0.1, 0.15) is 6.04 Å². The third kappa shape index (κ3) is 13.3. The number of carbonyl (C=O) groups is 6. The number of carboxylic acids is 1. The first-order valence-electron chi connectivity index (χ1n) is 22.0. The molecule has 4 N–H and O–H groups in total. The van der Waals surface area contributed by atoms with E-state index in [4.69, 9.17) is 14.6 Å². The predicted octanol–water partition coefficient (Wildman–Crippen LogP) is 4.67. The summed E-state index contributed by atoms with van der Waals surface area (Å²) in [4.78, 5) is 88.8. The quantitative estimate of drug-likeness (QED) is 0.109. The Morgan fingerprint density at radius 2 is 1.62 bits per heavy atom. The summed E-state index contributed by atoms with van der Waals surface area (Å²) < 4.78 is 12.0. The minimum Gasteiger partial charge on any atom is -0.481 e. The van der Waals surface area contributed by atoms with Crippen LogP contribution in [0.15, 0.2) is 30.5 Å². The number of methoxy groups -OCH3 is 2. The highest BCUT2D eigenvalue weighted by molar-refractivity contribution is 5.91. The van der Waals surface area contributed by atoms with Gasteiger partial charge in [-0.25, -0.2) is 0 Å². The lowest BCUT2D eigenvalue weighted by atomic mass is 9.89. The first-order valence-corrected chi connectivity index (χ1v) is 22.0. The van der Waals surface area contributed by atoms with Crippen molar-refractivity contribution in [2.24, 2.45) is 23.7 Å². The molecule has 1 aliphatic heterocycles. The van der Waals surface area contributed by atoms with Crippen LogP contribution in [0.4, 0.5) is 0 Å². The van der Waals surface area contributed by atoms with Gasteiger partial charge in [-0.05, 0) is 69.2 Å². The summed E-state index contributed by atoms with van der Waals surface area (Å²) >= 11 is 0. The third-order valence-electron chi connectivity index (χ3n) is 12.7. The van der Waals surface area contributed by atoms with Gasteiger partial charge < -0.3 is 40.0 Å². The SMILES string of the molecule is CC[C@H](C)[C@@H]([C@@H](CC(=O)N1CCC[C@H]1[C@H](OC)[C@@H](C)C(=O)N[C@@H](Cc1c[nH]c2ccccc12)C(C)=O)OC)N(C)C(=O)[C@@H](NC(=O)[C@H](C(C)C)N(C)CCCC(=O)O)C(C)C. The van der Waals surface area contributed by atoms with E-state index in [1.807, 2.05) is 76.9 Å². The number of hydrogen-bond acceptors (Lipinski definition) is 9. The largest absolute Gasteiger partial charge is 0.481 e. The Labute approximate surface area is 363 Å². The number of aromatic nitrogens is 1. The number of ether oxygens (including phenoxy) is 2. The molecule has 3 rings (SSSR count). The number of benzene rings is 1. The summed E-state index contributed by atoms with van der Waals surface area (Å²) in [6.45, 7) is 15.7. The number of carbonyl (C=O) groups excluding carboxylic acids is 5. The van der Waals surface area contributed by atoms with Crippen molar-refractivity contribution in [2.75, 3.05) is 41.4 Å². The number of amides is 4. The fraction of sp³-hybridized carbons (Fsp3) is 0.696. The summed E-state index contributed by atoms with van der Waals surface area (Å²) in [6.07, 6.45) is 3.24. The topological polar surface area (TPSA) is 191 Å². The van der Waals surface area contributed by atoms with Crippen molar-refractivity contribution in [3.8, 4) is 0 Å². The van der Waals surface area contributed by atoms with Crippen molar-refractivity contribution in [3.63, 3.8) is 0 Å². The Kier molecular flexibility index (Phi) is 19.9. The second-order valence-corrected chi connectivity index (χ2v) is 17.7. The van der Waals surface area contributed by atoms with E-state index >= 15 is 0 Å². The van der Waals surface area contributed by atoms with Gasteiger partial charge >= 0.3 is 5.97 Å². The van der Waals surface area contributed by atoms with Crippen LogP contribution < -0.4 is 10.6 Å². The van der Waals surface area contributed by atoms with Gasteiger partial charge in [0.15, 0.2) is 5.78 Å². The van der Waals surface area contributed by atoms with Crippen molar-refractivity contribution in [3.05, 3.63) is 36.0 Å². The Balaban J connectivity index is 1.77. The highest BCUT2D eigenvalue weighted by Crippen LogP contribution is 2.30. The maximum Gasteiger partial charge on any atom is 0.303 e. The molecule has 342 valence electrons. The Morgan fingerprint density at radius 3 is 2.20 bits per heavy atom. The molecule has 4 amide bonds. The van der Waals surface area contributed by atoms with E-state index < -0.39 is 54.3 Å². The smallest absolute Gasteiger partial charge is 0.303 e. The Bertz CT molecular complexity index is 1780. The highest BCUT2D eigenvalue weighted by Gasteiger charge is 2.43.